The third-order valence-corrected chi connectivity index (χ3v) is 1.85. The lowest BCUT2D eigenvalue weighted by Crippen LogP contribution is -2.02. The van der Waals surface area contributed by atoms with Crippen LogP contribution in [-0.4, -0.2) is 19.7 Å². The third kappa shape index (κ3) is 1.24. The molecule has 5 heteroatoms. The molecule has 0 saturated carbocycles. The van der Waals surface area contributed by atoms with Crippen molar-refractivity contribution in [3.05, 3.63) is 30.5 Å². The summed E-state index contributed by atoms with van der Waals surface area (Å²) in [6.45, 7) is 1.94. The zero-order valence-electron chi connectivity index (χ0n) is 7.18. The van der Waals surface area contributed by atoms with E-state index in [9.17, 15) is 0 Å². The van der Waals surface area contributed by atoms with Crippen molar-refractivity contribution in [2.75, 3.05) is 5.73 Å². The fourth-order valence-electron chi connectivity index (χ4n) is 1.07. The standard InChI is InChI=1S/C8H9N5/c1-6-2-3-10-8(7(6)9)13-4-11-12-5-13/h2-5H,9H2,1H3. The lowest BCUT2D eigenvalue weighted by Gasteiger charge is -2.05. The van der Waals surface area contributed by atoms with Crippen LogP contribution in [0.15, 0.2) is 24.9 Å². The Bertz CT molecular complexity index is 406. The molecule has 0 aromatic carbocycles. The summed E-state index contributed by atoms with van der Waals surface area (Å²) < 4.78 is 1.68. The Morgan fingerprint density at radius 1 is 1.31 bits per heavy atom. The predicted octanol–water partition coefficient (Wildman–Crippen LogP) is 0.553. The molecule has 0 spiro atoms. The number of anilines is 1. The smallest absolute Gasteiger partial charge is 0.162 e. The van der Waals surface area contributed by atoms with Gasteiger partial charge in [0.25, 0.3) is 0 Å². The molecule has 2 heterocycles. The molecule has 0 saturated heterocycles. The second kappa shape index (κ2) is 2.85. The van der Waals surface area contributed by atoms with E-state index >= 15 is 0 Å². The van der Waals surface area contributed by atoms with Crippen LogP contribution in [0.3, 0.4) is 0 Å². The number of nitrogen functional groups attached to an aromatic ring is 1. The zero-order valence-corrected chi connectivity index (χ0v) is 7.18. The first-order valence-electron chi connectivity index (χ1n) is 3.85. The van der Waals surface area contributed by atoms with E-state index in [1.165, 1.54) is 0 Å². The molecular weight excluding hydrogens is 166 g/mol. The van der Waals surface area contributed by atoms with Gasteiger partial charge in [-0.15, -0.1) is 10.2 Å². The van der Waals surface area contributed by atoms with Crippen LogP contribution >= 0.6 is 0 Å². The van der Waals surface area contributed by atoms with E-state index < -0.39 is 0 Å². The number of nitrogens with zero attached hydrogens (tertiary/aromatic N) is 4. The van der Waals surface area contributed by atoms with Gasteiger partial charge in [0, 0.05) is 6.20 Å². The first kappa shape index (κ1) is 7.72. The molecule has 2 aromatic rings. The number of rotatable bonds is 1. The first-order valence-corrected chi connectivity index (χ1v) is 3.85. The van der Waals surface area contributed by atoms with Crippen LogP contribution in [0, 0.1) is 6.92 Å². The van der Waals surface area contributed by atoms with Gasteiger partial charge in [0.15, 0.2) is 5.82 Å². The molecule has 0 fully saturated rings. The van der Waals surface area contributed by atoms with Crippen molar-refractivity contribution in [3.63, 3.8) is 0 Å². The quantitative estimate of drug-likeness (QED) is 0.687. The zero-order chi connectivity index (χ0) is 9.26. The van der Waals surface area contributed by atoms with E-state index in [0.717, 1.165) is 5.56 Å². The van der Waals surface area contributed by atoms with Crippen molar-refractivity contribution < 1.29 is 0 Å². The van der Waals surface area contributed by atoms with Gasteiger partial charge in [-0.1, -0.05) is 0 Å². The van der Waals surface area contributed by atoms with Gasteiger partial charge in [-0.2, -0.15) is 0 Å². The summed E-state index contributed by atoms with van der Waals surface area (Å²) in [6, 6.07) is 1.86. The summed E-state index contributed by atoms with van der Waals surface area (Å²) in [7, 11) is 0. The van der Waals surface area contributed by atoms with Crippen LogP contribution in [0.25, 0.3) is 5.82 Å². The number of aromatic nitrogens is 4. The summed E-state index contributed by atoms with van der Waals surface area (Å²) in [5.74, 6) is 0.671. The van der Waals surface area contributed by atoms with Crippen LogP contribution in [0.5, 0.6) is 0 Å². The highest BCUT2D eigenvalue weighted by Crippen LogP contribution is 2.16. The fraction of sp³-hybridized carbons (Fsp3) is 0.125. The maximum absolute atomic E-state index is 5.83. The first-order chi connectivity index (χ1) is 6.29. The molecule has 0 bridgehead atoms. The van der Waals surface area contributed by atoms with E-state index in [0.29, 0.717) is 11.5 Å². The number of aryl methyl sites for hydroxylation is 1. The SMILES string of the molecule is Cc1ccnc(-n2cnnc2)c1N. The lowest BCUT2D eigenvalue weighted by atomic mass is 10.2. The second-order valence-electron chi connectivity index (χ2n) is 2.73. The van der Waals surface area contributed by atoms with E-state index in [-0.39, 0.29) is 0 Å². The number of pyridine rings is 1. The Morgan fingerprint density at radius 2 is 2.00 bits per heavy atom. The summed E-state index contributed by atoms with van der Waals surface area (Å²) in [6.07, 6.45) is 4.84. The fourth-order valence-corrected chi connectivity index (χ4v) is 1.07. The molecule has 5 nitrogen and oxygen atoms in total. The van der Waals surface area contributed by atoms with Crippen LogP contribution in [0.2, 0.25) is 0 Å². The lowest BCUT2D eigenvalue weighted by molar-refractivity contribution is 0.990. The maximum atomic E-state index is 5.83. The van der Waals surface area contributed by atoms with Gasteiger partial charge < -0.3 is 5.73 Å². The molecule has 0 aliphatic rings. The molecule has 0 amide bonds. The number of hydrogen-bond acceptors (Lipinski definition) is 4. The molecule has 2 N–H and O–H groups in total. The highest BCUT2D eigenvalue weighted by atomic mass is 15.3. The van der Waals surface area contributed by atoms with Crippen molar-refractivity contribution in [1.29, 1.82) is 0 Å². The average molecular weight is 175 g/mol. The number of hydrogen-bond donors (Lipinski definition) is 1. The monoisotopic (exact) mass is 175 g/mol. The molecule has 0 unspecified atom stereocenters. The van der Waals surface area contributed by atoms with E-state index in [2.05, 4.69) is 15.2 Å². The normalized spacial score (nSPS) is 10.2. The number of nitrogens with two attached hydrogens (primary N) is 1. The molecule has 2 aromatic heterocycles. The molecule has 0 atom stereocenters. The van der Waals surface area contributed by atoms with E-state index in [1.807, 2.05) is 13.0 Å². The van der Waals surface area contributed by atoms with Crippen LogP contribution in [0.4, 0.5) is 5.69 Å². The van der Waals surface area contributed by atoms with E-state index in [1.54, 1.807) is 23.4 Å². The Hall–Kier alpha value is -1.91. The molecular formula is C8H9N5. The van der Waals surface area contributed by atoms with E-state index in [4.69, 9.17) is 5.73 Å². The van der Waals surface area contributed by atoms with Gasteiger partial charge in [-0.25, -0.2) is 4.98 Å². The topological polar surface area (TPSA) is 69.6 Å². The highest BCUT2D eigenvalue weighted by molar-refractivity contribution is 5.57. The Kier molecular flexibility index (Phi) is 1.70. The van der Waals surface area contributed by atoms with Gasteiger partial charge in [0.1, 0.15) is 12.7 Å². The third-order valence-electron chi connectivity index (χ3n) is 1.85. The summed E-state index contributed by atoms with van der Waals surface area (Å²) in [5, 5.41) is 7.37. The molecule has 66 valence electrons. The molecule has 0 aliphatic carbocycles. The summed E-state index contributed by atoms with van der Waals surface area (Å²) >= 11 is 0. The van der Waals surface area contributed by atoms with Crippen molar-refractivity contribution in [2.24, 2.45) is 0 Å². The minimum absolute atomic E-state index is 0.655. The highest BCUT2D eigenvalue weighted by Gasteiger charge is 2.04. The molecule has 2 rings (SSSR count). The van der Waals surface area contributed by atoms with Gasteiger partial charge in [0.2, 0.25) is 0 Å². The van der Waals surface area contributed by atoms with Crippen molar-refractivity contribution in [1.82, 2.24) is 19.7 Å². The van der Waals surface area contributed by atoms with Gasteiger partial charge in [0.05, 0.1) is 5.69 Å². The van der Waals surface area contributed by atoms with Gasteiger partial charge in [-0.05, 0) is 18.6 Å². The maximum Gasteiger partial charge on any atom is 0.162 e. The second-order valence-corrected chi connectivity index (χ2v) is 2.73. The average Bonchev–Trinajstić information content (AvgIpc) is 2.62. The molecule has 13 heavy (non-hydrogen) atoms. The minimum atomic E-state index is 0.655. The van der Waals surface area contributed by atoms with Crippen LogP contribution in [-0.2, 0) is 0 Å². The van der Waals surface area contributed by atoms with Crippen molar-refractivity contribution in [3.8, 4) is 5.82 Å². The summed E-state index contributed by atoms with van der Waals surface area (Å²) in [4.78, 5) is 4.14. The van der Waals surface area contributed by atoms with Crippen LogP contribution in [0.1, 0.15) is 5.56 Å². The van der Waals surface area contributed by atoms with Gasteiger partial charge >= 0.3 is 0 Å². The largest absolute Gasteiger partial charge is 0.395 e. The van der Waals surface area contributed by atoms with Crippen molar-refractivity contribution in [2.45, 2.75) is 6.92 Å². The Morgan fingerprint density at radius 3 is 2.69 bits per heavy atom. The Labute approximate surface area is 75.2 Å². The molecule has 0 aliphatic heterocycles. The minimum Gasteiger partial charge on any atom is -0.395 e. The van der Waals surface area contributed by atoms with Gasteiger partial charge in [-0.3, -0.25) is 4.57 Å². The van der Waals surface area contributed by atoms with Crippen molar-refractivity contribution >= 4 is 5.69 Å². The van der Waals surface area contributed by atoms with Crippen LogP contribution < -0.4 is 5.73 Å². The predicted molar refractivity (Wildman–Crippen MR) is 48.3 cm³/mol. The molecule has 0 radical (unpaired) electrons. The summed E-state index contributed by atoms with van der Waals surface area (Å²) in [5.41, 5.74) is 7.49. The Balaban J connectivity index is 2.59.